The first-order chi connectivity index (χ1) is 9.04. The van der Waals surface area contributed by atoms with Crippen LogP contribution in [0.4, 0.5) is 8.78 Å². The molecule has 0 aliphatic carbocycles. The van der Waals surface area contributed by atoms with Crippen molar-refractivity contribution in [2.45, 2.75) is 19.0 Å². The predicted octanol–water partition coefficient (Wildman–Crippen LogP) is 2.43. The van der Waals surface area contributed by atoms with E-state index in [0.29, 0.717) is 13.0 Å². The number of halogens is 3. The van der Waals surface area contributed by atoms with Crippen molar-refractivity contribution in [3.05, 3.63) is 34.3 Å². The summed E-state index contributed by atoms with van der Waals surface area (Å²) in [7, 11) is 0. The van der Waals surface area contributed by atoms with Crippen LogP contribution in [0.2, 0.25) is 0 Å². The van der Waals surface area contributed by atoms with Crippen LogP contribution in [0.5, 0.6) is 0 Å². The van der Waals surface area contributed by atoms with Crippen LogP contribution in [0.25, 0.3) is 0 Å². The largest absolute Gasteiger partial charge is 0.395 e. The van der Waals surface area contributed by atoms with Gasteiger partial charge in [0, 0.05) is 17.6 Å². The Morgan fingerprint density at radius 3 is 2.47 bits per heavy atom. The summed E-state index contributed by atoms with van der Waals surface area (Å²) in [6, 6.07) is 7.27. The van der Waals surface area contributed by atoms with Crippen LogP contribution in [-0.4, -0.2) is 47.8 Å². The summed E-state index contributed by atoms with van der Waals surface area (Å²) in [6.07, 6.45) is -2.81. The molecule has 0 bridgehead atoms. The zero-order valence-electron chi connectivity index (χ0n) is 10.5. The molecule has 0 saturated carbocycles. The molecule has 108 valence electrons. The number of benzene rings is 1. The lowest BCUT2D eigenvalue weighted by molar-refractivity contribution is 0.0659. The van der Waals surface area contributed by atoms with Gasteiger partial charge in [-0.2, -0.15) is 0 Å². The van der Waals surface area contributed by atoms with Crippen molar-refractivity contribution in [1.29, 1.82) is 0 Å². The van der Waals surface area contributed by atoms with E-state index in [2.05, 4.69) is 15.9 Å². The quantitative estimate of drug-likeness (QED) is 0.765. The molecule has 0 aromatic heterocycles. The number of hydrogen-bond acceptors (Lipinski definition) is 3. The molecule has 19 heavy (non-hydrogen) atoms. The smallest absolute Gasteiger partial charge is 0.251 e. The molecule has 1 aromatic rings. The minimum absolute atomic E-state index is 0.169. The van der Waals surface area contributed by atoms with E-state index in [1.165, 1.54) is 4.90 Å². The average molecular weight is 338 g/mol. The first-order valence-electron chi connectivity index (χ1n) is 6.08. The molecular weight excluding hydrogens is 320 g/mol. The van der Waals surface area contributed by atoms with Crippen molar-refractivity contribution in [2.75, 3.05) is 26.2 Å². The number of aliphatic hydroxyl groups is 2. The SMILES string of the molecule is OCCN(CCC(O)c1ccccc1Br)CC(F)F. The normalized spacial score (nSPS) is 13.2. The molecule has 0 saturated heterocycles. The molecule has 0 spiro atoms. The van der Waals surface area contributed by atoms with Gasteiger partial charge in [0.15, 0.2) is 0 Å². The first-order valence-corrected chi connectivity index (χ1v) is 6.87. The molecule has 0 heterocycles. The summed E-state index contributed by atoms with van der Waals surface area (Å²) in [4.78, 5) is 1.45. The maximum Gasteiger partial charge on any atom is 0.251 e. The van der Waals surface area contributed by atoms with E-state index in [0.717, 1.165) is 10.0 Å². The monoisotopic (exact) mass is 337 g/mol. The van der Waals surface area contributed by atoms with Crippen molar-refractivity contribution < 1.29 is 19.0 Å². The Bertz CT molecular complexity index is 379. The maximum atomic E-state index is 12.3. The van der Waals surface area contributed by atoms with Gasteiger partial charge in [0.05, 0.1) is 19.3 Å². The van der Waals surface area contributed by atoms with E-state index in [1.807, 2.05) is 18.2 Å². The summed E-state index contributed by atoms with van der Waals surface area (Å²) in [5.74, 6) is 0. The lowest BCUT2D eigenvalue weighted by atomic mass is 10.1. The Morgan fingerprint density at radius 1 is 1.21 bits per heavy atom. The molecule has 0 radical (unpaired) electrons. The fourth-order valence-corrected chi connectivity index (χ4v) is 2.39. The lowest BCUT2D eigenvalue weighted by Crippen LogP contribution is -2.33. The highest BCUT2D eigenvalue weighted by Gasteiger charge is 2.15. The Balaban J connectivity index is 2.51. The molecule has 0 aliphatic rings. The van der Waals surface area contributed by atoms with Gasteiger partial charge < -0.3 is 10.2 Å². The molecule has 1 aromatic carbocycles. The van der Waals surface area contributed by atoms with Gasteiger partial charge in [0.25, 0.3) is 6.43 Å². The van der Waals surface area contributed by atoms with E-state index in [4.69, 9.17) is 5.11 Å². The van der Waals surface area contributed by atoms with Gasteiger partial charge in [-0.05, 0) is 18.1 Å². The molecule has 1 unspecified atom stereocenters. The molecule has 3 nitrogen and oxygen atoms in total. The number of alkyl halides is 2. The molecule has 0 amide bonds. The zero-order chi connectivity index (χ0) is 14.3. The zero-order valence-corrected chi connectivity index (χ0v) is 12.1. The Morgan fingerprint density at radius 2 is 1.89 bits per heavy atom. The van der Waals surface area contributed by atoms with E-state index in [9.17, 15) is 13.9 Å². The number of aliphatic hydroxyl groups excluding tert-OH is 2. The van der Waals surface area contributed by atoms with Gasteiger partial charge in [-0.15, -0.1) is 0 Å². The van der Waals surface area contributed by atoms with Crippen LogP contribution in [0.3, 0.4) is 0 Å². The van der Waals surface area contributed by atoms with Crippen LogP contribution in [-0.2, 0) is 0 Å². The summed E-state index contributed by atoms with van der Waals surface area (Å²) in [5, 5.41) is 18.9. The molecular formula is C13H18BrF2NO2. The molecule has 6 heteroatoms. The third kappa shape index (κ3) is 5.95. The van der Waals surface area contributed by atoms with E-state index in [-0.39, 0.29) is 19.7 Å². The van der Waals surface area contributed by atoms with Crippen molar-refractivity contribution in [3.63, 3.8) is 0 Å². The molecule has 2 N–H and O–H groups in total. The number of rotatable bonds is 8. The van der Waals surface area contributed by atoms with Crippen molar-refractivity contribution in [1.82, 2.24) is 4.90 Å². The highest BCUT2D eigenvalue weighted by molar-refractivity contribution is 9.10. The highest BCUT2D eigenvalue weighted by atomic mass is 79.9. The third-order valence-corrected chi connectivity index (χ3v) is 3.52. The van der Waals surface area contributed by atoms with Crippen LogP contribution in [0.15, 0.2) is 28.7 Å². The van der Waals surface area contributed by atoms with Gasteiger partial charge in [-0.25, -0.2) is 8.78 Å². The second-order valence-electron chi connectivity index (χ2n) is 4.24. The van der Waals surface area contributed by atoms with Crippen LogP contribution >= 0.6 is 15.9 Å². The van der Waals surface area contributed by atoms with Crippen molar-refractivity contribution in [3.8, 4) is 0 Å². The van der Waals surface area contributed by atoms with Gasteiger partial charge in [-0.3, -0.25) is 4.90 Å². The first kappa shape index (κ1) is 16.5. The Labute approximate surface area is 120 Å². The lowest BCUT2D eigenvalue weighted by Gasteiger charge is -2.22. The fourth-order valence-electron chi connectivity index (χ4n) is 1.84. The minimum atomic E-state index is -2.44. The number of hydrogen-bond donors (Lipinski definition) is 2. The standard InChI is InChI=1S/C13H18BrF2NO2/c14-11-4-2-1-3-10(11)12(19)5-6-17(7-8-18)9-13(15)16/h1-4,12-13,18-19H,5-9H2. The van der Waals surface area contributed by atoms with Gasteiger partial charge in [0.2, 0.25) is 0 Å². The topological polar surface area (TPSA) is 43.7 Å². The highest BCUT2D eigenvalue weighted by Crippen LogP contribution is 2.25. The molecule has 1 atom stereocenters. The second kappa shape index (κ2) is 8.58. The van der Waals surface area contributed by atoms with E-state index < -0.39 is 12.5 Å². The molecule has 1 rings (SSSR count). The van der Waals surface area contributed by atoms with Crippen molar-refractivity contribution in [2.24, 2.45) is 0 Å². The summed E-state index contributed by atoms with van der Waals surface area (Å²) < 4.78 is 25.4. The van der Waals surface area contributed by atoms with Gasteiger partial charge in [-0.1, -0.05) is 34.1 Å². The average Bonchev–Trinajstić information content (AvgIpc) is 2.36. The number of nitrogens with zero attached hydrogens (tertiary/aromatic N) is 1. The molecule has 0 fully saturated rings. The molecule has 0 aliphatic heterocycles. The van der Waals surface area contributed by atoms with Crippen LogP contribution in [0, 0.1) is 0 Å². The summed E-state index contributed by atoms with van der Waals surface area (Å²) in [5.41, 5.74) is 0.739. The van der Waals surface area contributed by atoms with Gasteiger partial charge >= 0.3 is 0 Å². The van der Waals surface area contributed by atoms with E-state index in [1.54, 1.807) is 6.07 Å². The second-order valence-corrected chi connectivity index (χ2v) is 5.10. The van der Waals surface area contributed by atoms with E-state index >= 15 is 0 Å². The maximum absolute atomic E-state index is 12.3. The van der Waals surface area contributed by atoms with Gasteiger partial charge in [0.1, 0.15) is 0 Å². The Hall–Kier alpha value is -0.560. The van der Waals surface area contributed by atoms with Crippen molar-refractivity contribution >= 4 is 15.9 Å². The fraction of sp³-hybridized carbons (Fsp3) is 0.538. The summed E-state index contributed by atoms with van der Waals surface area (Å²) >= 11 is 3.34. The van der Waals surface area contributed by atoms with Crippen LogP contribution in [0.1, 0.15) is 18.1 Å². The summed E-state index contributed by atoms with van der Waals surface area (Å²) in [6.45, 7) is -0.0541. The Kier molecular flexibility index (Phi) is 7.45. The predicted molar refractivity (Wildman–Crippen MR) is 73.2 cm³/mol. The van der Waals surface area contributed by atoms with Crippen LogP contribution < -0.4 is 0 Å². The minimum Gasteiger partial charge on any atom is -0.395 e. The third-order valence-electron chi connectivity index (χ3n) is 2.80.